The fourth-order valence-electron chi connectivity index (χ4n) is 3.13. The molecule has 0 radical (unpaired) electrons. The minimum atomic E-state index is -0.644. The van der Waals surface area contributed by atoms with Crippen LogP contribution in [0.5, 0.6) is 5.75 Å². The summed E-state index contributed by atoms with van der Waals surface area (Å²) in [6.45, 7) is 1.86. The van der Waals surface area contributed by atoms with Crippen LogP contribution in [0.15, 0.2) is 52.0 Å². The SMILES string of the molecule is CCOC(=O)c1nn(-c2ccc(OC)cc2)c(=O)c2c(NC(=O)Cc3cccs3)scc12. The molecule has 4 rings (SSSR count). The van der Waals surface area contributed by atoms with Crippen molar-refractivity contribution in [2.24, 2.45) is 0 Å². The topological polar surface area (TPSA) is 99.5 Å². The average molecular weight is 470 g/mol. The maximum atomic E-state index is 13.4. The number of ether oxygens (including phenoxy) is 2. The van der Waals surface area contributed by atoms with Gasteiger partial charge in [-0.15, -0.1) is 22.7 Å². The predicted octanol–water partition coefficient (Wildman–Crippen LogP) is 3.88. The number of hydrogen-bond donors (Lipinski definition) is 1. The zero-order chi connectivity index (χ0) is 22.7. The summed E-state index contributed by atoms with van der Waals surface area (Å²) < 4.78 is 11.4. The summed E-state index contributed by atoms with van der Waals surface area (Å²) in [6, 6.07) is 10.4. The molecule has 1 amide bonds. The lowest BCUT2D eigenvalue weighted by atomic mass is 10.2. The third-order valence-corrected chi connectivity index (χ3v) is 6.38. The summed E-state index contributed by atoms with van der Waals surface area (Å²) in [5.74, 6) is -0.277. The Hall–Kier alpha value is -3.50. The van der Waals surface area contributed by atoms with Gasteiger partial charge in [-0.05, 0) is 42.6 Å². The van der Waals surface area contributed by atoms with E-state index in [-0.39, 0.29) is 30.0 Å². The molecule has 0 aliphatic heterocycles. The Morgan fingerprint density at radius 1 is 1.16 bits per heavy atom. The van der Waals surface area contributed by atoms with Gasteiger partial charge in [0.25, 0.3) is 5.56 Å². The molecule has 0 aliphatic rings. The first-order valence-corrected chi connectivity index (χ1v) is 11.5. The highest BCUT2D eigenvalue weighted by Gasteiger charge is 2.23. The number of carbonyl (C=O) groups is 2. The van der Waals surface area contributed by atoms with Crippen molar-refractivity contribution in [3.05, 3.63) is 68.1 Å². The average Bonchev–Trinajstić information content (AvgIpc) is 3.45. The van der Waals surface area contributed by atoms with Crippen molar-refractivity contribution in [2.75, 3.05) is 19.0 Å². The van der Waals surface area contributed by atoms with Gasteiger partial charge in [0.15, 0.2) is 5.69 Å². The van der Waals surface area contributed by atoms with E-state index >= 15 is 0 Å². The van der Waals surface area contributed by atoms with Gasteiger partial charge in [-0.2, -0.15) is 9.78 Å². The first-order chi connectivity index (χ1) is 15.5. The van der Waals surface area contributed by atoms with Crippen molar-refractivity contribution >= 4 is 50.3 Å². The summed E-state index contributed by atoms with van der Waals surface area (Å²) in [4.78, 5) is 39.4. The second-order valence-corrected chi connectivity index (χ2v) is 8.55. The second kappa shape index (κ2) is 9.33. The van der Waals surface area contributed by atoms with E-state index in [9.17, 15) is 14.4 Å². The van der Waals surface area contributed by atoms with Crippen LogP contribution in [0.4, 0.5) is 5.00 Å². The van der Waals surface area contributed by atoms with Gasteiger partial charge in [0, 0.05) is 15.6 Å². The van der Waals surface area contributed by atoms with Gasteiger partial charge in [-0.1, -0.05) is 6.07 Å². The Morgan fingerprint density at radius 3 is 2.59 bits per heavy atom. The molecule has 3 heterocycles. The molecule has 1 aromatic carbocycles. The lowest BCUT2D eigenvalue weighted by Gasteiger charge is -2.10. The van der Waals surface area contributed by atoms with E-state index in [0.717, 1.165) is 9.56 Å². The molecule has 3 aromatic heterocycles. The lowest BCUT2D eigenvalue weighted by molar-refractivity contribution is -0.115. The summed E-state index contributed by atoms with van der Waals surface area (Å²) in [5.41, 5.74) is 0.00322. The molecule has 0 aliphatic carbocycles. The molecule has 0 fully saturated rings. The minimum Gasteiger partial charge on any atom is -0.497 e. The van der Waals surface area contributed by atoms with E-state index < -0.39 is 11.5 Å². The number of thiophene rings is 2. The van der Waals surface area contributed by atoms with Gasteiger partial charge in [0.05, 0.1) is 31.2 Å². The Kier molecular flexibility index (Phi) is 6.33. The zero-order valence-electron chi connectivity index (χ0n) is 17.3. The molecule has 0 spiro atoms. The Balaban J connectivity index is 1.82. The van der Waals surface area contributed by atoms with Crippen LogP contribution in [0.2, 0.25) is 0 Å². The molecule has 0 atom stereocenters. The number of nitrogens with zero attached hydrogens (tertiary/aromatic N) is 2. The first kappa shape index (κ1) is 21.7. The maximum absolute atomic E-state index is 13.4. The smallest absolute Gasteiger partial charge is 0.359 e. The van der Waals surface area contributed by atoms with E-state index in [1.54, 1.807) is 43.7 Å². The largest absolute Gasteiger partial charge is 0.497 e. The summed E-state index contributed by atoms with van der Waals surface area (Å²) in [6.07, 6.45) is 0.194. The Bertz CT molecular complexity index is 1320. The molecule has 10 heteroatoms. The molecule has 0 bridgehead atoms. The van der Waals surface area contributed by atoms with E-state index in [1.807, 2.05) is 17.5 Å². The third kappa shape index (κ3) is 4.27. The molecule has 8 nitrogen and oxygen atoms in total. The van der Waals surface area contributed by atoms with Crippen LogP contribution >= 0.6 is 22.7 Å². The minimum absolute atomic E-state index is 0.00674. The summed E-state index contributed by atoms with van der Waals surface area (Å²) in [7, 11) is 1.54. The fraction of sp³-hybridized carbons (Fsp3) is 0.182. The summed E-state index contributed by atoms with van der Waals surface area (Å²) >= 11 is 2.65. The van der Waals surface area contributed by atoms with Gasteiger partial charge in [-0.3, -0.25) is 9.59 Å². The van der Waals surface area contributed by atoms with Crippen LogP contribution in [-0.4, -0.2) is 35.4 Å². The molecule has 164 valence electrons. The molecule has 0 saturated carbocycles. The number of amides is 1. The van der Waals surface area contributed by atoms with E-state index in [1.165, 1.54) is 22.7 Å². The quantitative estimate of drug-likeness (QED) is 0.413. The highest BCUT2D eigenvalue weighted by atomic mass is 32.1. The molecular weight excluding hydrogens is 450 g/mol. The fourth-order valence-corrected chi connectivity index (χ4v) is 4.79. The van der Waals surface area contributed by atoms with E-state index in [2.05, 4.69) is 10.4 Å². The van der Waals surface area contributed by atoms with Crippen molar-refractivity contribution in [1.29, 1.82) is 0 Å². The monoisotopic (exact) mass is 469 g/mol. The van der Waals surface area contributed by atoms with Crippen LogP contribution in [0, 0.1) is 0 Å². The summed E-state index contributed by atoms with van der Waals surface area (Å²) in [5, 5.41) is 11.5. The second-order valence-electron chi connectivity index (χ2n) is 6.64. The predicted molar refractivity (Wildman–Crippen MR) is 124 cm³/mol. The molecule has 0 unspecified atom stereocenters. The number of nitrogens with one attached hydrogen (secondary N) is 1. The highest BCUT2D eigenvalue weighted by Crippen LogP contribution is 2.31. The first-order valence-electron chi connectivity index (χ1n) is 9.70. The molecule has 4 aromatic rings. The van der Waals surface area contributed by atoms with Crippen molar-refractivity contribution in [3.8, 4) is 11.4 Å². The van der Waals surface area contributed by atoms with Gasteiger partial charge in [-0.25, -0.2) is 4.79 Å². The number of aromatic nitrogens is 2. The highest BCUT2D eigenvalue weighted by molar-refractivity contribution is 7.16. The number of benzene rings is 1. The lowest BCUT2D eigenvalue weighted by Crippen LogP contribution is -2.25. The molecule has 32 heavy (non-hydrogen) atoms. The normalized spacial score (nSPS) is 10.8. The number of carbonyl (C=O) groups excluding carboxylic acids is 2. The molecule has 0 saturated heterocycles. The number of rotatable bonds is 7. The number of anilines is 1. The molecular formula is C22H19N3O5S2. The zero-order valence-corrected chi connectivity index (χ0v) is 18.9. The number of fused-ring (bicyclic) bond motifs is 1. The Morgan fingerprint density at radius 2 is 1.94 bits per heavy atom. The van der Waals surface area contributed by atoms with Crippen LogP contribution in [0.3, 0.4) is 0 Å². The van der Waals surface area contributed by atoms with Gasteiger partial charge < -0.3 is 14.8 Å². The van der Waals surface area contributed by atoms with Crippen molar-refractivity contribution in [3.63, 3.8) is 0 Å². The van der Waals surface area contributed by atoms with Crippen LogP contribution in [0.25, 0.3) is 16.5 Å². The van der Waals surface area contributed by atoms with Crippen LogP contribution in [0.1, 0.15) is 22.3 Å². The standard InChI is InChI=1S/C22H19N3O5S2/c1-3-30-22(28)19-16-12-32-20(23-17(26)11-15-5-4-10-31-15)18(16)21(27)25(24-19)13-6-8-14(29-2)9-7-13/h4-10,12H,3,11H2,1-2H3,(H,23,26). The third-order valence-electron chi connectivity index (χ3n) is 4.61. The number of methoxy groups -OCH3 is 1. The van der Waals surface area contributed by atoms with E-state index in [0.29, 0.717) is 21.8 Å². The maximum Gasteiger partial charge on any atom is 0.359 e. The van der Waals surface area contributed by atoms with Crippen molar-refractivity contribution < 1.29 is 19.1 Å². The van der Waals surface area contributed by atoms with Gasteiger partial charge >= 0.3 is 5.97 Å². The Labute approximate surface area is 191 Å². The van der Waals surface area contributed by atoms with Gasteiger partial charge in [0.2, 0.25) is 5.91 Å². The van der Waals surface area contributed by atoms with Crippen molar-refractivity contribution in [1.82, 2.24) is 9.78 Å². The molecule has 1 N–H and O–H groups in total. The van der Waals surface area contributed by atoms with Crippen LogP contribution in [-0.2, 0) is 16.0 Å². The van der Waals surface area contributed by atoms with Gasteiger partial charge in [0.1, 0.15) is 10.8 Å². The number of hydrogen-bond acceptors (Lipinski definition) is 8. The van der Waals surface area contributed by atoms with Crippen molar-refractivity contribution in [2.45, 2.75) is 13.3 Å². The van der Waals surface area contributed by atoms with E-state index in [4.69, 9.17) is 9.47 Å². The number of esters is 1. The van der Waals surface area contributed by atoms with Crippen LogP contribution < -0.4 is 15.6 Å².